The maximum atomic E-state index is 12.5. The van der Waals surface area contributed by atoms with Gasteiger partial charge in [-0.05, 0) is 54.4 Å². The Labute approximate surface area is 222 Å². The molecule has 2 aromatic carbocycles. The van der Waals surface area contributed by atoms with Gasteiger partial charge < -0.3 is 21.1 Å². The molecule has 0 aliphatic rings. The molecule has 0 aliphatic heterocycles. The molecule has 6 nitrogen and oxygen atoms in total. The molecule has 3 aromatic rings. The van der Waals surface area contributed by atoms with Crippen molar-refractivity contribution in [2.75, 3.05) is 31.9 Å². The molecule has 0 fully saturated rings. The number of pyridine rings is 1. The molecular weight excluding hydrogens is 460 g/mol. The van der Waals surface area contributed by atoms with E-state index in [2.05, 4.69) is 66.0 Å². The smallest absolute Gasteiger partial charge is 0.251 e. The summed E-state index contributed by atoms with van der Waals surface area (Å²) in [5.74, 6) is 6.53. The van der Waals surface area contributed by atoms with Crippen LogP contribution in [0.15, 0.2) is 48.7 Å². The van der Waals surface area contributed by atoms with Crippen molar-refractivity contribution in [2.45, 2.75) is 60.0 Å². The van der Waals surface area contributed by atoms with Crippen LogP contribution in [0.4, 0.5) is 5.82 Å². The summed E-state index contributed by atoms with van der Waals surface area (Å²) in [5.41, 5.74) is 9.40. The van der Waals surface area contributed by atoms with Crippen LogP contribution in [0.2, 0.25) is 0 Å². The third-order valence-electron chi connectivity index (χ3n) is 6.13. The highest BCUT2D eigenvalue weighted by atomic mass is 16.3. The predicted molar refractivity (Wildman–Crippen MR) is 155 cm³/mol. The lowest BCUT2D eigenvalue weighted by Crippen LogP contribution is -2.40. The van der Waals surface area contributed by atoms with Gasteiger partial charge in [0.15, 0.2) is 0 Å². The molecule has 198 valence electrons. The van der Waals surface area contributed by atoms with E-state index in [1.165, 1.54) is 5.56 Å². The van der Waals surface area contributed by atoms with Gasteiger partial charge in [0, 0.05) is 41.2 Å². The Balaban J connectivity index is 0.00000235. The van der Waals surface area contributed by atoms with E-state index in [1.54, 1.807) is 18.3 Å². The van der Waals surface area contributed by atoms with Crippen molar-refractivity contribution >= 4 is 22.5 Å². The SMILES string of the molecule is CC.CCN(CC)CC(O)CNC(=O)c1ccc(C#Cc2c(N)ncc3ccc(C(C)(C)C)cc23)cc1. The lowest BCUT2D eigenvalue weighted by molar-refractivity contribution is 0.0869. The molecule has 1 unspecified atom stereocenters. The number of amides is 1. The number of carbonyl (C=O) groups excluding carboxylic acids is 1. The average molecular weight is 503 g/mol. The number of nitrogen functional groups attached to an aromatic ring is 1. The zero-order valence-corrected chi connectivity index (χ0v) is 23.4. The second-order valence-corrected chi connectivity index (χ2v) is 9.75. The van der Waals surface area contributed by atoms with Gasteiger partial charge in [0.05, 0.1) is 11.7 Å². The first kappa shape index (κ1) is 29.8. The molecule has 0 radical (unpaired) electrons. The molecule has 37 heavy (non-hydrogen) atoms. The number of nitrogens with two attached hydrogens (primary N) is 1. The number of aromatic nitrogens is 1. The van der Waals surface area contributed by atoms with Gasteiger partial charge in [-0.1, -0.05) is 72.4 Å². The van der Waals surface area contributed by atoms with Crippen molar-refractivity contribution in [3.8, 4) is 11.8 Å². The summed E-state index contributed by atoms with van der Waals surface area (Å²) in [6, 6.07) is 13.4. The minimum absolute atomic E-state index is 0.00868. The van der Waals surface area contributed by atoms with Crippen LogP contribution in [-0.4, -0.2) is 53.2 Å². The Bertz CT molecular complexity index is 1230. The molecule has 0 saturated heterocycles. The van der Waals surface area contributed by atoms with Gasteiger partial charge in [-0.2, -0.15) is 0 Å². The van der Waals surface area contributed by atoms with Crippen LogP contribution in [0, 0.1) is 11.8 Å². The van der Waals surface area contributed by atoms with Crippen LogP contribution in [0.3, 0.4) is 0 Å². The Kier molecular flexibility index (Phi) is 11.1. The first-order valence-corrected chi connectivity index (χ1v) is 13.1. The van der Waals surface area contributed by atoms with E-state index in [-0.39, 0.29) is 17.9 Å². The Morgan fingerprint density at radius 2 is 1.73 bits per heavy atom. The van der Waals surface area contributed by atoms with E-state index < -0.39 is 6.10 Å². The van der Waals surface area contributed by atoms with Crippen molar-refractivity contribution < 1.29 is 9.90 Å². The van der Waals surface area contributed by atoms with E-state index in [4.69, 9.17) is 5.73 Å². The third-order valence-corrected chi connectivity index (χ3v) is 6.13. The largest absolute Gasteiger partial charge is 0.390 e. The predicted octanol–water partition coefficient (Wildman–Crippen LogP) is 4.97. The molecule has 0 spiro atoms. The topological polar surface area (TPSA) is 91.5 Å². The summed E-state index contributed by atoms with van der Waals surface area (Å²) in [5, 5.41) is 14.9. The summed E-state index contributed by atoms with van der Waals surface area (Å²) < 4.78 is 0. The molecule has 1 amide bonds. The first-order chi connectivity index (χ1) is 17.6. The number of hydrogen-bond donors (Lipinski definition) is 3. The van der Waals surface area contributed by atoms with Gasteiger partial charge in [0.1, 0.15) is 5.82 Å². The summed E-state index contributed by atoms with van der Waals surface area (Å²) in [7, 11) is 0. The van der Waals surface area contributed by atoms with Crippen LogP contribution >= 0.6 is 0 Å². The fourth-order valence-corrected chi connectivity index (χ4v) is 3.82. The number of hydrogen-bond acceptors (Lipinski definition) is 5. The number of carbonyl (C=O) groups is 1. The standard InChI is InChI=1S/C29H36N4O2.C2H6/c1-6-33(7-2)19-24(34)18-32-28(35)21-11-8-20(9-12-21)10-15-25-26-16-23(29(3,4)5)14-13-22(26)17-31-27(25)30;1-2/h8-9,11-14,16-17,24,34H,6-7,18-19H2,1-5H3,(H2,30,31)(H,32,35);1-2H3. The molecule has 1 aromatic heterocycles. The number of aliphatic hydroxyl groups is 1. The highest BCUT2D eigenvalue weighted by Crippen LogP contribution is 2.29. The van der Waals surface area contributed by atoms with Crippen molar-refractivity contribution in [2.24, 2.45) is 0 Å². The number of likely N-dealkylation sites (N-methyl/N-ethyl adjacent to an activating group) is 1. The molecule has 4 N–H and O–H groups in total. The highest BCUT2D eigenvalue weighted by Gasteiger charge is 2.15. The zero-order chi connectivity index (χ0) is 27.6. The summed E-state index contributed by atoms with van der Waals surface area (Å²) >= 11 is 0. The lowest BCUT2D eigenvalue weighted by Gasteiger charge is -2.22. The van der Waals surface area contributed by atoms with E-state index in [0.29, 0.717) is 23.5 Å². The Hall–Kier alpha value is -3.40. The number of aliphatic hydroxyl groups excluding tert-OH is 1. The van der Waals surface area contributed by atoms with Gasteiger partial charge >= 0.3 is 0 Å². The number of anilines is 1. The van der Waals surface area contributed by atoms with Crippen LogP contribution in [0.5, 0.6) is 0 Å². The number of nitrogens with zero attached hydrogens (tertiary/aromatic N) is 2. The zero-order valence-electron chi connectivity index (χ0n) is 23.4. The maximum absolute atomic E-state index is 12.5. The maximum Gasteiger partial charge on any atom is 0.251 e. The van der Waals surface area contributed by atoms with Crippen molar-refractivity contribution in [1.29, 1.82) is 0 Å². The molecule has 0 saturated carbocycles. The first-order valence-electron chi connectivity index (χ1n) is 13.1. The van der Waals surface area contributed by atoms with Gasteiger partial charge in [-0.25, -0.2) is 4.98 Å². The number of nitrogens with one attached hydrogen (secondary N) is 1. The summed E-state index contributed by atoms with van der Waals surface area (Å²) in [6.45, 7) is 17.1. The molecule has 1 heterocycles. The summed E-state index contributed by atoms with van der Waals surface area (Å²) in [6.07, 6.45) is 1.16. The van der Waals surface area contributed by atoms with Crippen LogP contribution in [0.1, 0.15) is 75.5 Å². The second-order valence-electron chi connectivity index (χ2n) is 9.75. The van der Waals surface area contributed by atoms with Crippen molar-refractivity contribution in [1.82, 2.24) is 15.2 Å². The molecular formula is C31H42N4O2. The van der Waals surface area contributed by atoms with Crippen LogP contribution in [-0.2, 0) is 5.41 Å². The highest BCUT2D eigenvalue weighted by molar-refractivity contribution is 5.94. The summed E-state index contributed by atoms with van der Waals surface area (Å²) in [4.78, 5) is 18.9. The Morgan fingerprint density at radius 3 is 2.32 bits per heavy atom. The second kappa shape index (κ2) is 13.8. The van der Waals surface area contributed by atoms with Gasteiger partial charge in [-0.15, -0.1) is 0 Å². The van der Waals surface area contributed by atoms with Crippen molar-refractivity contribution in [3.05, 3.63) is 70.9 Å². The van der Waals surface area contributed by atoms with Crippen molar-refractivity contribution in [3.63, 3.8) is 0 Å². The normalized spacial score (nSPS) is 11.8. The number of fused-ring (bicyclic) bond motifs is 1. The number of benzene rings is 2. The Morgan fingerprint density at radius 1 is 1.08 bits per heavy atom. The average Bonchev–Trinajstić information content (AvgIpc) is 2.90. The molecule has 3 rings (SSSR count). The van der Waals surface area contributed by atoms with Gasteiger partial charge in [0.2, 0.25) is 0 Å². The minimum atomic E-state index is -0.609. The minimum Gasteiger partial charge on any atom is -0.390 e. The third kappa shape index (κ3) is 8.31. The van der Waals surface area contributed by atoms with E-state index in [9.17, 15) is 9.90 Å². The molecule has 0 aliphatic carbocycles. The fourth-order valence-electron chi connectivity index (χ4n) is 3.82. The monoisotopic (exact) mass is 502 g/mol. The number of rotatable bonds is 7. The molecule has 6 heteroatoms. The molecule has 0 bridgehead atoms. The van der Waals surface area contributed by atoms with Crippen LogP contribution < -0.4 is 11.1 Å². The quantitative estimate of drug-likeness (QED) is 0.397. The van der Waals surface area contributed by atoms with E-state index >= 15 is 0 Å². The van der Waals surface area contributed by atoms with Gasteiger partial charge in [-0.3, -0.25) is 4.79 Å². The lowest BCUT2D eigenvalue weighted by atomic mass is 9.85. The van der Waals surface area contributed by atoms with Gasteiger partial charge in [0.25, 0.3) is 5.91 Å². The fraction of sp³-hybridized carbons (Fsp3) is 0.419. The van der Waals surface area contributed by atoms with E-state index in [0.717, 1.165) is 29.4 Å². The van der Waals surface area contributed by atoms with Crippen LogP contribution in [0.25, 0.3) is 10.8 Å². The van der Waals surface area contributed by atoms with E-state index in [1.807, 2.05) is 39.8 Å². The molecule has 1 atom stereocenters.